The summed E-state index contributed by atoms with van der Waals surface area (Å²) in [5, 5.41) is 9.21. The molecule has 308 valence electrons. The molecule has 0 aliphatic rings. The summed E-state index contributed by atoms with van der Waals surface area (Å²) < 4.78 is 13.4. The van der Waals surface area contributed by atoms with Crippen LogP contribution in [0.1, 0.15) is 0 Å². The molecule has 1 heterocycles. The summed E-state index contributed by atoms with van der Waals surface area (Å²) >= 11 is 0. The van der Waals surface area contributed by atoms with Crippen LogP contribution in [0, 0.1) is 0 Å². The quantitative estimate of drug-likeness (QED) is 0.135. The summed E-state index contributed by atoms with van der Waals surface area (Å²) in [5.41, 5.74) is 12.3. The number of benzene rings is 11. The fraction of sp³-hybridized carbons (Fsp3) is 0.0164. The van der Waals surface area contributed by atoms with Crippen molar-refractivity contribution in [3.8, 4) is 28.0 Å². The first kappa shape index (κ1) is 38.1. The van der Waals surface area contributed by atoms with Crippen molar-refractivity contribution in [1.82, 2.24) is 0 Å². The fourth-order valence-electron chi connectivity index (χ4n) is 9.79. The molecule has 4 nitrogen and oxygen atoms in total. The lowest BCUT2D eigenvalue weighted by molar-refractivity contribution is 0.416. The Labute approximate surface area is 377 Å². The van der Waals surface area contributed by atoms with Gasteiger partial charge in [0, 0.05) is 50.0 Å². The number of hydrogen-bond donors (Lipinski definition) is 0. The van der Waals surface area contributed by atoms with E-state index in [1.807, 2.05) is 12.1 Å². The molecule has 0 saturated heterocycles. The van der Waals surface area contributed by atoms with E-state index in [0.29, 0.717) is 0 Å². The lowest BCUT2D eigenvalue weighted by Crippen LogP contribution is -2.10. The van der Waals surface area contributed by atoms with Crippen molar-refractivity contribution in [1.29, 1.82) is 0 Å². The largest absolute Gasteiger partial charge is 0.496 e. The van der Waals surface area contributed by atoms with Gasteiger partial charge in [-0.2, -0.15) is 0 Å². The zero-order chi connectivity index (χ0) is 43.3. The van der Waals surface area contributed by atoms with Gasteiger partial charge in [0.15, 0.2) is 5.58 Å². The first-order valence-corrected chi connectivity index (χ1v) is 22.0. The highest BCUT2D eigenvalue weighted by Crippen LogP contribution is 2.48. The van der Waals surface area contributed by atoms with E-state index >= 15 is 0 Å². The van der Waals surface area contributed by atoms with Gasteiger partial charge in [-0.3, -0.25) is 0 Å². The Kier molecular flexibility index (Phi) is 9.35. The van der Waals surface area contributed by atoms with E-state index in [-0.39, 0.29) is 0 Å². The number of para-hydroxylation sites is 6. The van der Waals surface area contributed by atoms with Gasteiger partial charge in [0.25, 0.3) is 0 Å². The lowest BCUT2D eigenvalue weighted by Gasteiger charge is -2.28. The molecule has 0 radical (unpaired) electrons. The zero-order valence-corrected chi connectivity index (χ0v) is 35.7. The molecule has 0 bridgehead atoms. The Morgan fingerprint density at radius 3 is 1.35 bits per heavy atom. The number of hydrogen-bond acceptors (Lipinski definition) is 4. The second-order valence-electron chi connectivity index (χ2n) is 16.4. The maximum absolute atomic E-state index is 7.03. The van der Waals surface area contributed by atoms with E-state index in [9.17, 15) is 0 Å². The maximum Gasteiger partial charge on any atom is 0.159 e. The molecule has 0 aliphatic carbocycles. The van der Waals surface area contributed by atoms with Crippen molar-refractivity contribution in [2.45, 2.75) is 0 Å². The molecule has 11 aromatic carbocycles. The highest BCUT2D eigenvalue weighted by molar-refractivity contribution is 6.24. The molecule has 1 aromatic heterocycles. The fourth-order valence-corrected chi connectivity index (χ4v) is 9.79. The third-order valence-corrected chi connectivity index (χ3v) is 12.7. The van der Waals surface area contributed by atoms with E-state index in [2.05, 4.69) is 234 Å². The van der Waals surface area contributed by atoms with Gasteiger partial charge in [-0.1, -0.05) is 164 Å². The molecule has 0 N–H and O–H groups in total. The molecule has 0 amide bonds. The van der Waals surface area contributed by atoms with Crippen LogP contribution in [0.3, 0.4) is 0 Å². The summed E-state index contributed by atoms with van der Waals surface area (Å²) in [6.07, 6.45) is 0. The molecular formula is C61H42N2O2. The Balaban J connectivity index is 1.02. The first-order valence-electron chi connectivity index (χ1n) is 22.0. The van der Waals surface area contributed by atoms with Crippen LogP contribution in [-0.4, -0.2) is 7.11 Å². The van der Waals surface area contributed by atoms with Crippen LogP contribution >= 0.6 is 0 Å². The van der Waals surface area contributed by atoms with Crippen molar-refractivity contribution in [3.05, 3.63) is 237 Å². The van der Waals surface area contributed by atoms with Gasteiger partial charge in [0.05, 0.1) is 18.5 Å². The number of furan rings is 1. The predicted molar refractivity (Wildman–Crippen MR) is 273 cm³/mol. The van der Waals surface area contributed by atoms with E-state index in [1.54, 1.807) is 7.11 Å². The molecule has 65 heavy (non-hydrogen) atoms. The molecule has 0 fully saturated rings. The molecular weight excluding hydrogens is 793 g/mol. The second-order valence-corrected chi connectivity index (χ2v) is 16.4. The topological polar surface area (TPSA) is 28.9 Å². The summed E-state index contributed by atoms with van der Waals surface area (Å²) in [5.74, 6) is 0.792. The highest BCUT2D eigenvalue weighted by Gasteiger charge is 2.23. The Morgan fingerprint density at radius 2 is 0.769 bits per heavy atom. The van der Waals surface area contributed by atoms with Crippen LogP contribution < -0.4 is 14.5 Å². The van der Waals surface area contributed by atoms with E-state index in [1.165, 1.54) is 26.9 Å². The summed E-state index contributed by atoms with van der Waals surface area (Å²) in [6.45, 7) is 0. The standard InChI is InChI=1S/C61H42N2O2/c1-64-59-38-41(46-32-18-33-52-53-34-19-35-57(61(53)65-60(46)52)62(42-20-6-2-7-21-42)43-22-8-3-9-23-43)36-37-51(59)54-39-55-49-30-16-17-31-50(49)58(40-56(55)48-29-15-14-28-47(48)54)63(44-24-10-4-11-25-44)45-26-12-5-13-27-45/h2-40H,1H3. The molecule has 0 aliphatic heterocycles. The van der Waals surface area contributed by atoms with Crippen molar-refractivity contribution in [2.75, 3.05) is 16.9 Å². The number of nitrogens with zero attached hydrogens (tertiary/aromatic N) is 2. The van der Waals surface area contributed by atoms with Gasteiger partial charge < -0.3 is 19.0 Å². The minimum Gasteiger partial charge on any atom is -0.496 e. The van der Waals surface area contributed by atoms with Crippen LogP contribution in [0.25, 0.3) is 76.5 Å². The summed E-state index contributed by atoms with van der Waals surface area (Å²) in [7, 11) is 1.77. The highest BCUT2D eigenvalue weighted by atomic mass is 16.5. The van der Waals surface area contributed by atoms with Gasteiger partial charge in [-0.25, -0.2) is 0 Å². The molecule has 0 saturated carbocycles. The van der Waals surface area contributed by atoms with Gasteiger partial charge in [0.1, 0.15) is 11.3 Å². The van der Waals surface area contributed by atoms with Crippen molar-refractivity contribution in [2.24, 2.45) is 0 Å². The number of rotatable bonds is 9. The third-order valence-electron chi connectivity index (χ3n) is 12.7. The monoisotopic (exact) mass is 834 g/mol. The lowest BCUT2D eigenvalue weighted by atomic mass is 9.89. The normalized spacial score (nSPS) is 11.5. The Bertz CT molecular complexity index is 3620. The van der Waals surface area contributed by atoms with Gasteiger partial charge >= 0.3 is 0 Å². The molecule has 0 unspecified atom stereocenters. The van der Waals surface area contributed by atoms with E-state index in [4.69, 9.17) is 9.15 Å². The number of anilines is 6. The zero-order valence-electron chi connectivity index (χ0n) is 35.7. The molecule has 12 aromatic rings. The Morgan fingerprint density at radius 1 is 0.308 bits per heavy atom. The third kappa shape index (κ3) is 6.46. The average Bonchev–Trinajstić information content (AvgIpc) is 3.77. The van der Waals surface area contributed by atoms with Crippen LogP contribution in [0.2, 0.25) is 0 Å². The van der Waals surface area contributed by atoms with E-state index in [0.717, 1.165) is 89.5 Å². The average molecular weight is 835 g/mol. The minimum atomic E-state index is 0.792. The number of ether oxygens (including phenoxy) is 1. The molecule has 4 heteroatoms. The minimum absolute atomic E-state index is 0.792. The number of fused-ring (bicyclic) bond motifs is 8. The number of methoxy groups -OCH3 is 1. The van der Waals surface area contributed by atoms with Crippen molar-refractivity contribution in [3.63, 3.8) is 0 Å². The molecule has 0 atom stereocenters. The predicted octanol–water partition coefficient (Wildman–Crippen LogP) is 17.3. The first-order chi connectivity index (χ1) is 32.2. The SMILES string of the molecule is COc1cc(-c2cccc3c2oc2c(N(c4ccccc4)c4ccccc4)cccc23)ccc1-c1cc2c3ccccc3c(N(c3ccccc3)c3ccccc3)cc2c2ccccc12. The van der Waals surface area contributed by atoms with Crippen LogP contribution in [0.4, 0.5) is 34.1 Å². The second kappa shape index (κ2) is 15.9. The van der Waals surface area contributed by atoms with Crippen molar-refractivity contribution >= 4 is 88.4 Å². The molecule has 12 rings (SSSR count). The molecule has 0 spiro atoms. The van der Waals surface area contributed by atoms with Crippen LogP contribution in [-0.2, 0) is 0 Å². The summed E-state index contributed by atoms with van der Waals surface area (Å²) in [6, 6.07) is 84.0. The van der Waals surface area contributed by atoms with Crippen molar-refractivity contribution < 1.29 is 9.15 Å². The van der Waals surface area contributed by atoms with E-state index < -0.39 is 0 Å². The van der Waals surface area contributed by atoms with Gasteiger partial charge in [0.2, 0.25) is 0 Å². The van der Waals surface area contributed by atoms with Crippen LogP contribution in [0.5, 0.6) is 5.75 Å². The van der Waals surface area contributed by atoms with Gasteiger partial charge in [-0.05, 0) is 111 Å². The summed E-state index contributed by atoms with van der Waals surface area (Å²) in [4.78, 5) is 4.64. The smallest absolute Gasteiger partial charge is 0.159 e. The Hall–Kier alpha value is -8.60. The maximum atomic E-state index is 7.03. The van der Waals surface area contributed by atoms with Gasteiger partial charge in [-0.15, -0.1) is 0 Å². The van der Waals surface area contributed by atoms with Crippen LogP contribution in [0.15, 0.2) is 241 Å².